The third kappa shape index (κ3) is 1.95. The summed E-state index contributed by atoms with van der Waals surface area (Å²) < 4.78 is 2.12. The van der Waals surface area contributed by atoms with Gasteiger partial charge in [0.05, 0.1) is 0 Å². The van der Waals surface area contributed by atoms with E-state index in [1.54, 1.807) is 0 Å². The van der Waals surface area contributed by atoms with Crippen molar-refractivity contribution in [1.82, 2.24) is 3.11 Å². The molecule has 1 rings (SSSR count). The molecule has 1 aliphatic rings. The first-order valence-corrected chi connectivity index (χ1v) is 4.06. The molecule has 0 radical (unpaired) electrons. The Balaban J connectivity index is 2.56. The van der Waals surface area contributed by atoms with Crippen LogP contribution in [-0.4, -0.2) is 22.1 Å². The number of hydrogen-bond acceptors (Lipinski definition) is 2. The van der Waals surface area contributed by atoms with E-state index in [1.165, 1.54) is 0 Å². The summed E-state index contributed by atoms with van der Waals surface area (Å²) in [7, 11) is 0. The van der Waals surface area contributed by atoms with Gasteiger partial charge in [0.2, 0.25) is 5.91 Å². The highest BCUT2D eigenvalue weighted by Crippen LogP contribution is 2.12. The fraction of sp³-hybridized carbons (Fsp3) is 0.500. The van der Waals surface area contributed by atoms with E-state index in [1.807, 2.05) is 6.08 Å². The summed E-state index contributed by atoms with van der Waals surface area (Å²) in [6, 6.07) is 0. The standard InChI is InChI=1S/C6H9IN2O/c7-9-3-1-5(2-4-9)6(8)10/h1H,2-4H2,(H2,8,10). The maximum atomic E-state index is 10.6. The van der Waals surface area contributed by atoms with Crippen LogP contribution in [0, 0.1) is 0 Å². The fourth-order valence-electron chi connectivity index (χ4n) is 0.868. The van der Waals surface area contributed by atoms with Gasteiger partial charge in [-0.05, 0) is 6.42 Å². The zero-order chi connectivity index (χ0) is 7.56. The first kappa shape index (κ1) is 8.00. The molecule has 0 saturated carbocycles. The second-order valence-corrected chi connectivity index (χ2v) is 3.58. The van der Waals surface area contributed by atoms with Crippen molar-refractivity contribution in [3.63, 3.8) is 0 Å². The predicted molar refractivity (Wildman–Crippen MR) is 47.5 cm³/mol. The van der Waals surface area contributed by atoms with Crippen LogP contribution < -0.4 is 5.73 Å². The molecule has 0 aromatic carbocycles. The van der Waals surface area contributed by atoms with Crippen LogP contribution in [0.3, 0.4) is 0 Å². The van der Waals surface area contributed by atoms with E-state index < -0.39 is 0 Å². The molecule has 0 saturated heterocycles. The Morgan fingerprint density at radius 3 is 2.90 bits per heavy atom. The third-order valence-electron chi connectivity index (χ3n) is 1.48. The van der Waals surface area contributed by atoms with Gasteiger partial charge in [-0.3, -0.25) is 4.79 Å². The molecule has 0 spiro atoms. The van der Waals surface area contributed by atoms with Crippen molar-refractivity contribution >= 4 is 28.8 Å². The maximum absolute atomic E-state index is 10.6. The number of carbonyl (C=O) groups is 1. The Bertz CT molecular complexity index is 179. The monoisotopic (exact) mass is 252 g/mol. The largest absolute Gasteiger partial charge is 0.366 e. The van der Waals surface area contributed by atoms with E-state index in [0.29, 0.717) is 0 Å². The molecule has 1 amide bonds. The molecule has 4 heteroatoms. The Labute approximate surface area is 73.7 Å². The summed E-state index contributed by atoms with van der Waals surface area (Å²) in [5, 5.41) is 0. The Kier molecular flexibility index (Phi) is 2.67. The minimum Gasteiger partial charge on any atom is -0.366 e. The van der Waals surface area contributed by atoms with E-state index in [4.69, 9.17) is 5.73 Å². The van der Waals surface area contributed by atoms with E-state index in [2.05, 4.69) is 26.0 Å². The van der Waals surface area contributed by atoms with Gasteiger partial charge in [0, 0.05) is 41.5 Å². The number of nitrogens with two attached hydrogens (primary N) is 1. The van der Waals surface area contributed by atoms with Gasteiger partial charge in [-0.15, -0.1) is 0 Å². The molecular formula is C6H9IN2O. The van der Waals surface area contributed by atoms with Crippen molar-refractivity contribution in [2.75, 3.05) is 13.1 Å². The molecule has 2 N–H and O–H groups in total. The summed E-state index contributed by atoms with van der Waals surface area (Å²) in [4.78, 5) is 10.6. The number of amides is 1. The van der Waals surface area contributed by atoms with Gasteiger partial charge in [0.1, 0.15) is 0 Å². The van der Waals surface area contributed by atoms with E-state index in [-0.39, 0.29) is 5.91 Å². The number of hydrogen-bond donors (Lipinski definition) is 1. The SMILES string of the molecule is NC(=O)C1=CCN(I)CC1. The highest BCUT2D eigenvalue weighted by atomic mass is 127. The molecule has 0 unspecified atom stereocenters. The summed E-state index contributed by atoms with van der Waals surface area (Å²) in [6.45, 7) is 1.76. The average Bonchev–Trinajstić information content (AvgIpc) is 1.88. The number of halogens is 1. The van der Waals surface area contributed by atoms with Gasteiger partial charge in [0.25, 0.3) is 0 Å². The number of nitrogens with zero attached hydrogens (tertiary/aromatic N) is 1. The van der Waals surface area contributed by atoms with Gasteiger partial charge >= 0.3 is 0 Å². The normalized spacial score (nSPS) is 20.3. The molecular weight excluding hydrogens is 243 g/mol. The summed E-state index contributed by atoms with van der Waals surface area (Å²) in [5.41, 5.74) is 5.86. The van der Waals surface area contributed by atoms with E-state index >= 15 is 0 Å². The van der Waals surface area contributed by atoms with Crippen LogP contribution in [0.5, 0.6) is 0 Å². The van der Waals surface area contributed by atoms with Crippen LogP contribution in [0.4, 0.5) is 0 Å². The maximum Gasteiger partial charge on any atom is 0.244 e. The lowest BCUT2D eigenvalue weighted by molar-refractivity contribution is -0.114. The molecule has 10 heavy (non-hydrogen) atoms. The fourth-order valence-corrected chi connectivity index (χ4v) is 1.31. The van der Waals surface area contributed by atoms with Crippen LogP contribution in [-0.2, 0) is 4.79 Å². The van der Waals surface area contributed by atoms with Crippen LogP contribution in [0.15, 0.2) is 11.6 Å². The van der Waals surface area contributed by atoms with Crippen molar-refractivity contribution in [2.45, 2.75) is 6.42 Å². The molecule has 0 aromatic heterocycles. The lowest BCUT2D eigenvalue weighted by Gasteiger charge is -2.17. The number of rotatable bonds is 1. The minimum absolute atomic E-state index is 0.274. The van der Waals surface area contributed by atoms with Crippen LogP contribution in [0.2, 0.25) is 0 Å². The summed E-state index contributed by atoms with van der Waals surface area (Å²) >= 11 is 2.23. The highest BCUT2D eigenvalue weighted by Gasteiger charge is 2.11. The Morgan fingerprint density at radius 2 is 2.50 bits per heavy atom. The van der Waals surface area contributed by atoms with Crippen LogP contribution in [0.1, 0.15) is 6.42 Å². The minimum atomic E-state index is -0.274. The van der Waals surface area contributed by atoms with Crippen molar-refractivity contribution in [2.24, 2.45) is 5.73 Å². The zero-order valence-corrected chi connectivity index (χ0v) is 7.67. The quantitative estimate of drug-likeness (QED) is 0.544. The van der Waals surface area contributed by atoms with E-state index in [0.717, 1.165) is 25.1 Å². The molecule has 0 fully saturated rings. The van der Waals surface area contributed by atoms with Gasteiger partial charge < -0.3 is 5.73 Å². The number of carbonyl (C=O) groups excluding carboxylic acids is 1. The van der Waals surface area contributed by atoms with Crippen molar-refractivity contribution < 1.29 is 4.79 Å². The molecule has 0 bridgehead atoms. The van der Waals surface area contributed by atoms with Gasteiger partial charge in [0.15, 0.2) is 0 Å². The Morgan fingerprint density at radius 1 is 1.80 bits per heavy atom. The topological polar surface area (TPSA) is 46.3 Å². The second-order valence-electron chi connectivity index (χ2n) is 2.21. The van der Waals surface area contributed by atoms with Crippen molar-refractivity contribution in [3.8, 4) is 0 Å². The van der Waals surface area contributed by atoms with E-state index in [9.17, 15) is 4.79 Å². The molecule has 56 valence electrons. The molecule has 1 heterocycles. The number of primary amides is 1. The zero-order valence-electron chi connectivity index (χ0n) is 5.51. The highest BCUT2D eigenvalue weighted by molar-refractivity contribution is 14.1. The van der Waals surface area contributed by atoms with Gasteiger partial charge in [-0.2, -0.15) is 0 Å². The first-order chi connectivity index (χ1) is 4.70. The van der Waals surface area contributed by atoms with Crippen molar-refractivity contribution in [3.05, 3.63) is 11.6 Å². The second kappa shape index (κ2) is 3.34. The molecule has 3 nitrogen and oxygen atoms in total. The lowest BCUT2D eigenvalue weighted by Crippen LogP contribution is -2.24. The van der Waals surface area contributed by atoms with Crippen molar-refractivity contribution in [1.29, 1.82) is 0 Å². The smallest absolute Gasteiger partial charge is 0.244 e. The van der Waals surface area contributed by atoms with Crippen LogP contribution in [0.25, 0.3) is 0 Å². The lowest BCUT2D eigenvalue weighted by atomic mass is 10.1. The molecule has 0 atom stereocenters. The average molecular weight is 252 g/mol. The van der Waals surface area contributed by atoms with Crippen LogP contribution >= 0.6 is 22.9 Å². The molecule has 0 aromatic rings. The molecule has 1 aliphatic heterocycles. The third-order valence-corrected chi connectivity index (χ3v) is 2.35. The van der Waals surface area contributed by atoms with Gasteiger partial charge in [-0.25, -0.2) is 3.11 Å². The summed E-state index contributed by atoms with van der Waals surface area (Å²) in [5.74, 6) is -0.274. The summed E-state index contributed by atoms with van der Waals surface area (Å²) in [6.07, 6.45) is 2.68. The predicted octanol–water partition coefficient (Wildman–Crippen LogP) is 0.454. The Hall–Kier alpha value is -0.100. The first-order valence-electron chi connectivity index (χ1n) is 3.09. The molecule has 0 aliphatic carbocycles. The van der Waals surface area contributed by atoms with Gasteiger partial charge in [-0.1, -0.05) is 6.08 Å².